The molecule has 5 rings (SSSR count). The first kappa shape index (κ1) is 21.9. The molecule has 2 unspecified atom stereocenters. The minimum Gasteiger partial charge on any atom is -0.373 e. The van der Waals surface area contributed by atoms with Crippen LogP contribution in [0.15, 0.2) is 48.7 Å². The molecule has 2 atom stereocenters. The monoisotopic (exact) mass is 461 g/mol. The summed E-state index contributed by atoms with van der Waals surface area (Å²) in [5, 5.41) is 1.21. The van der Waals surface area contributed by atoms with E-state index in [2.05, 4.69) is 17.1 Å². The zero-order valence-electron chi connectivity index (χ0n) is 18.9. The molecule has 0 saturated carbocycles. The van der Waals surface area contributed by atoms with E-state index in [1.165, 1.54) is 6.07 Å². The average Bonchev–Trinajstić information content (AvgIpc) is 2.80. The third-order valence-corrected chi connectivity index (χ3v) is 6.69. The lowest BCUT2D eigenvalue weighted by molar-refractivity contribution is 0.00460. The van der Waals surface area contributed by atoms with E-state index in [0.29, 0.717) is 22.9 Å². The summed E-state index contributed by atoms with van der Waals surface area (Å²) in [5.74, 6) is -0.206. The summed E-state index contributed by atoms with van der Waals surface area (Å²) in [5.41, 5.74) is 6.89. The van der Waals surface area contributed by atoms with Crippen molar-refractivity contribution in [1.29, 1.82) is 0 Å². The van der Waals surface area contributed by atoms with Crippen LogP contribution in [0.3, 0.4) is 0 Å². The SMILES string of the molecule is Cc1cc(C2CC(c3cc4nc(C)c(C)cc4c(-c4ccc(Cl)cc4F)n3)CCO2)ccn1. The van der Waals surface area contributed by atoms with Gasteiger partial charge in [-0.2, -0.15) is 0 Å². The van der Waals surface area contributed by atoms with E-state index >= 15 is 0 Å². The summed E-state index contributed by atoms with van der Waals surface area (Å²) in [6.45, 7) is 6.63. The third kappa shape index (κ3) is 4.35. The van der Waals surface area contributed by atoms with Crippen molar-refractivity contribution in [3.05, 3.63) is 87.7 Å². The van der Waals surface area contributed by atoms with Crippen LogP contribution in [-0.4, -0.2) is 21.6 Å². The van der Waals surface area contributed by atoms with E-state index in [4.69, 9.17) is 26.3 Å². The summed E-state index contributed by atoms with van der Waals surface area (Å²) in [6, 6.07) is 12.9. The number of aromatic nitrogens is 3. The smallest absolute Gasteiger partial charge is 0.134 e. The molecular weight excluding hydrogens is 437 g/mol. The Bertz CT molecular complexity index is 1360. The van der Waals surface area contributed by atoms with E-state index in [0.717, 1.165) is 52.0 Å². The molecule has 1 aromatic carbocycles. The Kier molecular flexibility index (Phi) is 5.85. The van der Waals surface area contributed by atoms with E-state index in [1.807, 2.05) is 39.1 Å². The maximum absolute atomic E-state index is 15.0. The van der Waals surface area contributed by atoms with Crippen LogP contribution >= 0.6 is 11.6 Å². The molecule has 4 nitrogen and oxygen atoms in total. The van der Waals surface area contributed by atoms with Crippen LogP contribution in [0.5, 0.6) is 0 Å². The lowest BCUT2D eigenvalue weighted by atomic mass is 9.88. The Morgan fingerprint density at radius 3 is 2.67 bits per heavy atom. The lowest BCUT2D eigenvalue weighted by Crippen LogP contribution is -2.20. The van der Waals surface area contributed by atoms with Gasteiger partial charge in [-0.25, -0.2) is 4.39 Å². The van der Waals surface area contributed by atoms with Crippen LogP contribution in [0.25, 0.3) is 22.2 Å². The summed E-state index contributed by atoms with van der Waals surface area (Å²) in [6.07, 6.45) is 3.45. The average molecular weight is 462 g/mol. The fourth-order valence-corrected chi connectivity index (χ4v) is 4.71. The van der Waals surface area contributed by atoms with Crippen molar-refractivity contribution in [2.45, 2.75) is 45.6 Å². The van der Waals surface area contributed by atoms with Crippen molar-refractivity contribution in [2.75, 3.05) is 6.61 Å². The predicted molar refractivity (Wildman–Crippen MR) is 129 cm³/mol. The summed E-state index contributed by atoms with van der Waals surface area (Å²) in [7, 11) is 0. The number of hydrogen-bond acceptors (Lipinski definition) is 4. The van der Waals surface area contributed by atoms with Gasteiger partial charge in [-0.1, -0.05) is 11.6 Å². The number of halogens is 2. The van der Waals surface area contributed by atoms with E-state index < -0.39 is 0 Å². The number of ether oxygens (including phenoxy) is 1. The van der Waals surface area contributed by atoms with Gasteiger partial charge < -0.3 is 4.74 Å². The zero-order valence-corrected chi connectivity index (χ0v) is 19.7. The molecule has 6 heteroatoms. The number of hydrogen-bond donors (Lipinski definition) is 0. The third-order valence-electron chi connectivity index (χ3n) is 6.46. The number of nitrogens with zero attached hydrogens (tertiary/aromatic N) is 3. The first-order chi connectivity index (χ1) is 15.9. The molecule has 3 aromatic heterocycles. The van der Waals surface area contributed by atoms with Gasteiger partial charge in [0.25, 0.3) is 0 Å². The first-order valence-electron chi connectivity index (χ1n) is 11.2. The molecule has 33 heavy (non-hydrogen) atoms. The van der Waals surface area contributed by atoms with Crippen molar-refractivity contribution in [2.24, 2.45) is 0 Å². The van der Waals surface area contributed by atoms with Crippen LogP contribution in [0.1, 0.15) is 53.1 Å². The van der Waals surface area contributed by atoms with Gasteiger partial charge in [0.2, 0.25) is 0 Å². The molecule has 0 amide bonds. The quantitative estimate of drug-likeness (QED) is 0.328. The molecule has 0 aliphatic carbocycles. The van der Waals surface area contributed by atoms with E-state index in [9.17, 15) is 4.39 Å². The second-order valence-electron chi connectivity index (χ2n) is 8.79. The van der Waals surface area contributed by atoms with Gasteiger partial charge in [-0.3, -0.25) is 15.0 Å². The summed E-state index contributed by atoms with van der Waals surface area (Å²) < 4.78 is 21.1. The number of aryl methyl sites for hydroxylation is 3. The highest BCUT2D eigenvalue weighted by molar-refractivity contribution is 6.30. The number of pyridine rings is 3. The minimum atomic E-state index is -0.385. The molecule has 0 radical (unpaired) electrons. The summed E-state index contributed by atoms with van der Waals surface area (Å²) in [4.78, 5) is 14.1. The van der Waals surface area contributed by atoms with Gasteiger partial charge >= 0.3 is 0 Å². The predicted octanol–water partition coefficient (Wildman–Crippen LogP) is 7.04. The number of benzene rings is 1. The number of rotatable bonds is 3. The molecule has 4 aromatic rings. The molecular formula is C27H25ClFN3O. The van der Waals surface area contributed by atoms with Crippen molar-refractivity contribution < 1.29 is 9.13 Å². The van der Waals surface area contributed by atoms with Crippen molar-refractivity contribution in [3.8, 4) is 11.3 Å². The van der Waals surface area contributed by atoms with Crippen molar-refractivity contribution in [3.63, 3.8) is 0 Å². The Morgan fingerprint density at radius 1 is 1.03 bits per heavy atom. The highest BCUT2D eigenvalue weighted by atomic mass is 35.5. The molecule has 168 valence electrons. The summed E-state index contributed by atoms with van der Waals surface area (Å²) >= 11 is 6.02. The van der Waals surface area contributed by atoms with Gasteiger partial charge in [0.1, 0.15) is 5.82 Å². The Hall–Kier alpha value is -2.89. The van der Waals surface area contributed by atoms with Crippen LogP contribution in [0.2, 0.25) is 5.02 Å². The molecule has 1 aliphatic rings. The van der Waals surface area contributed by atoms with Crippen molar-refractivity contribution >= 4 is 22.5 Å². The maximum Gasteiger partial charge on any atom is 0.134 e. The fraction of sp³-hybridized carbons (Fsp3) is 0.296. The van der Waals surface area contributed by atoms with Gasteiger partial charge in [0.05, 0.1) is 17.3 Å². The van der Waals surface area contributed by atoms with Crippen molar-refractivity contribution in [1.82, 2.24) is 15.0 Å². The van der Waals surface area contributed by atoms with Gasteiger partial charge in [-0.15, -0.1) is 0 Å². The van der Waals surface area contributed by atoms with E-state index in [-0.39, 0.29) is 17.8 Å². The lowest BCUT2D eigenvalue weighted by Gasteiger charge is -2.30. The minimum absolute atomic E-state index is 0.0219. The normalized spacial score (nSPS) is 18.6. The highest BCUT2D eigenvalue weighted by Gasteiger charge is 2.27. The molecule has 1 aliphatic heterocycles. The van der Waals surface area contributed by atoms with Crippen LogP contribution in [0, 0.1) is 26.6 Å². The second kappa shape index (κ2) is 8.81. The van der Waals surface area contributed by atoms with E-state index in [1.54, 1.807) is 12.1 Å². The Labute approximate surface area is 197 Å². The Morgan fingerprint density at radius 2 is 1.88 bits per heavy atom. The molecule has 0 bridgehead atoms. The number of fused-ring (bicyclic) bond motifs is 1. The standard InChI is InChI=1S/C27H25ClFN3O/c1-15-10-22-25(31-17(15)3)14-24(32-27(22)21-5-4-20(28)13-23(21)29)18-7-9-33-26(12-18)19-6-8-30-16(2)11-19/h4-6,8,10-11,13-14,18,26H,7,9,12H2,1-3H3. The maximum atomic E-state index is 15.0. The van der Waals surface area contributed by atoms with Crippen LogP contribution < -0.4 is 0 Å². The molecule has 0 N–H and O–H groups in total. The molecule has 1 fully saturated rings. The molecule has 0 spiro atoms. The first-order valence-corrected chi connectivity index (χ1v) is 11.6. The van der Waals surface area contributed by atoms with Crippen LogP contribution in [-0.2, 0) is 4.74 Å². The van der Waals surface area contributed by atoms with Gasteiger partial charge in [-0.05, 0) is 87.2 Å². The zero-order chi connectivity index (χ0) is 23.1. The Balaban J connectivity index is 1.62. The molecule has 1 saturated heterocycles. The van der Waals surface area contributed by atoms with Gasteiger partial charge in [0, 0.05) is 51.8 Å². The van der Waals surface area contributed by atoms with Crippen LogP contribution in [0.4, 0.5) is 4.39 Å². The topological polar surface area (TPSA) is 47.9 Å². The molecule has 4 heterocycles. The largest absolute Gasteiger partial charge is 0.373 e. The highest BCUT2D eigenvalue weighted by Crippen LogP contribution is 2.39. The second-order valence-corrected chi connectivity index (χ2v) is 9.22. The fourth-order valence-electron chi connectivity index (χ4n) is 4.55. The van der Waals surface area contributed by atoms with Gasteiger partial charge in [0.15, 0.2) is 0 Å².